The van der Waals surface area contributed by atoms with Crippen molar-refractivity contribution in [2.45, 2.75) is 13.3 Å². The van der Waals surface area contributed by atoms with Crippen molar-refractivity contribution in [3.63, 3.8) is 0 Å². The van der Waals surface area contributed by atoms with E-state index in [0.717, 1.165) is 18.3 Å². The summed E-state index contributed by atoms with van der Waals surface area (Å²) < 4.78 is 0. The number of aldehydes is 1. The fourth-order valence-electron chi connectivity index (χ4n) is 1.74. The van der Waals surface area contributed by atoms with Gasteiger partial charge in [-0.2, -0.15) is 0 Å². The second-order valence-electron chi connectivity index (χ2n) is 3.37. The average Bonchev–Trinajstić information content (AvgIpc) is 2.27. The molecule has 0 radical (unpaired) electrons. The van der Waals surface area contributed by atoms with Crippen molar-refractivity contribution in [2.24, 2.45) is 0 Å². The van der Waals surface area contributed by atoms with Crippen LogP contribution in [0.25, 0.3) is 10.8 Å². The Balaban J connectivity index is 2.76. The van der Waals surface area contributed by atoms with Crippen molar-refractivity contribution in [1.82, 2.24) is 0 Å². The van der Waals surface area contributed by atoms with Crippen LogP contribution < -0.4 is 0 Å². The van der Waals surface area contributed by atoms with Gasteiger partial charge in [-0.1, -0.05) is 37.3 Å². The lowest BCUT2D eigenvalue weighted by Gasteiger charge is -2.04. The van der Waals surface area contributed by atoms with Gasteiger partial charge in [0.05, 0.1) is 0 Å². The van der Waals surface area contributed by atoms with Crippen LogP contribution in [0.3, 0.4) is 0 Å². The molecule has 2 rings (SSSR count). The van der Waals surface area contributed by atoms with Gasteiger partial charge < -0.3 is 0 Å². The van der Waals surface area contributed by atoms with Crippen molar-refractivity contribution in [3.8, 4) is 0 Å². The number of carbonyl (C=O) groups excluding carboxylic acids is 1. The minimum Gasteiger partial charge on any atom is -0.298 e. The topological polar surface area (TPSA) is 17.1 Å². The molecule has 0 saturated carbocycles. The van der Waals surface area contributed by atoms with E-state index < -0.39 is 0 Å². The van der Waals surface area contributed by atoms with Gasteiger partial charge in [0.15, 0.2) is 0 Å². The molecule has 2 aromatic rings. The Morgan fingerprint density at radius 2 is 2.07 bits per heavy atom. The molecule has 1 nitrogen and oxygen atoms in total. The van der Waals surface area contributed by atoms with Gasteiger partial charge in [0.25, 0.3) is 0 Å². The van der Waals surface area contributed by atoms with Crippen LogP contribution >= 0.6 is 0 Å². The lowest BCUT2D eigenvalue weighted by atomic mass is 10.0. The van der Waals surface area contributed by atoms with Gasteiger partial charge in [0.2, 0.25) is 0 Å². The lowest BCUT2D eigenvalue weighted by Crippen LogP contribution is -1.85. The average molecular weight is 184 g/mol. The Morgan fingerprint density at radius 3 is 2.79 bits per heavy atom. The molecule has 0 aliphatic carbocycles. The van der Waals surface area contributed by atoms with Gasteiger partial charge in [-0.25, -0.2) is 0 Å². The highest BCUT2D eigenvalue weighted by Gasteiger charge is 1.99. The molecule has 70 valence electrons. The van der Waals surface area contributed by atoms with Gasteiger partial charge in [-0.3, -0.25) is 4.79 Å². The fraction of sp³-hybridized carbons (Fsp3) is 0.154. The zero-order valence-corrected chi connectivity index (χ0v) is 8.16. The summed E-state index contributed by atoms with van der Waals surface area (Å²) in [5.74, 6) is 0. The van der Waals surface area contributed by atoms with Crippen molar-refractivity contribution in [2.75, 3.05) is 0 Å². The lowest BCUT2D eigenvalue weighted by molar-refractivity contribution is 0.112. The third-order valence-electron chi connectivity index (χ3n) is 2.51. The van der Waals surface area contributed by atoms with E-state index >= 15 is 0 Å². The fourth-order valence-corrected chi connectivity index (χ4v) is 1.74. The number of carbonyl (C=O) groups is 1. The molecule has 0 aliphatic heterocycles. The molecule has 0 unspecified atom stereocenters. The van der Waals surface area contributed by atoms with E-state index in [9.17, 15) is 4.79 Å². The standard InChI is InChI=1S/C13H12O/c1-2-11-4-3-5-12-7-6-10(9-14)8-13(11)12/h3-9H,2H2,1H3. The second kappa shape index (κ2) is 3.62. The molecule has 0 bridgehead atoms. The van der Waals surface area contributed by atoms with Crippen LogP contribution in [0.4, 0.5) is 0 Å². The highest BCUT2D eigenvalue weighted by Crippen LogP contribution is 2.20. The molecule has 0 atom stereocenters. The van der Waals surface area contributed by atoms with Gasteiger partial charge in [0.1, 0.15) is 6.29 Å². The molecule has 0 N–H and O–H groups in total. The molecule has 14 heavy (non-hydrogen) atoms. The molecule has 1 heteroatoms. The maximum Gasteiger partial charge on any atom is 0.150 e. The normalized spacial score (nSPS) is 10.4. The first kappa shape index (κ1) is 8.95. The maximum atomic E-state index is 10.6. The molecule has 0 amide bonds. The van der Waals surface area contributed by atoms with Crippen LogP contribution in [-0.4, -0.2) is 6.29 Å². The summed E-state index contributed by atoms with van der Waals surface area (Å²) in [7, 11) is 0. The molecular formula is C13H12O. The molecule has 0 aromatic heterocycles. The minimum atomic E-state index is 0.749. The SMILES string of the molecule is CCc1cccc2ccc(C=O)cc12. The molecule has 0 saturated heterocycles. The second-order valence-corrected chi connectivity index (χ2v) is 3.37. The Morgan fingerprint density at radius 1 is 1.21 bits per heavy atom. The number of rotatable bonds is 2. The zero-order chi connectivity index (χ0) is 9.97. The predicted octanol–water partition coefficient (Wildman–Crippen LogP) is 3.21. The summed E-state index contributed by atoms with van der Waals surface area (Å²) in [4.78, 5) is 10.6. The summed E-state index contributed by atoms with van der Waals surface area (Å²) in [6, 6.07) is 12.1. The van der Waals surface area contributed by atoms with E-state index in [2.05, 4.69) is 25.1 Å². The quantitative estimate of drug-likeness (QED) is 0.655. The van der Waals surface area contributed by atoms with Crippen LogP contribution in [0.15, 0.2) is 36.4 Å². The van der Waals surface area contributed by atoms with E-state index in [-0.39, 0.29) is 0 Å². The van der Waals surface area contributed by atoms with E-state index in [0.29, 0.717) is 0 Å². The van der Waals surface area contributed by atoms with Gasteiger partial charge in [0, 0.05) is 5.56 Å². The first-order chi connectivity index (χ1) is 6.85. The monoisotopic (exact) mass is 184 g/mol. The van der Waals surface area contributed by atoms with Crippen molar-refractivity contribution >= 4 is 17.1 Å². The first-order valence-corrected chi connectivity index (χ1v) is 4.82. The molecule has 0 aliphatic rings. The smallest absolute Gasteiger partial charge is 0.150 e. The summed E-state index contributed by atoms with van der Waals surface area (Å²) in [6.45, 7) is 2.13. The largest absolute Gasteiger partial charge is 0.298 e. The van der Waals surface area contributed by atoms with Crippen LogP contribution in [0.2, 0.25) is 0 Å². The Labute approximate surface area is 83.4 Å². The zero-order valence-electron chi connectivity index (χ0n) is 8.16. The number of fused-ring (bicyclic) bond motifs is 1. The Kier molecular flexibility index (Phi) is 2.32. The van der Waals surface area contributed by atoms with Crippen LogP contribution in [0.5, 0.6) is 0 Å². The Bertz CT molecular complexity index is 472. The van der Waals surface area contributed by atoms with Crippen LogP contribution in [0, 0.1) is 0 Å². The summed E-state index contributed by atoms with van der Waals surface area (Å²) in [5.41, 5.74) is 2.05. The van der Waals surface area contributed by atoms with Gasteiger partial charge in [-0.05, 0) is 28.8 Å². The highest BCUT2D eigenvalue weighted by atomic mass is 16.1. The van der Waals surface area contributed by atoms with E-state index in [1.165, 1.54) is 16.3 Å². The van der Waals surface area contributed by atoms with Crippen molar-refractivity contribution < 1.29 is 4.79 Å². The Hall–Kier alpha value is -1.63. The first-order valence-electron chi connectivity index (χ1n) is 4.82. The van der Waals surface area contributed by atoms with E-state index in [1.54, 1.807) is 0 Å². The van der Waals surface area contributed by atoms with E-state index in [1.807, 2.05) is 18.2 Å². The number of benzene rings is 2. The molecular weight excluding hydrogens is 172 g/mol. The van der Waals surface area contributed by atoms with Crippen LogP contribution in [-0.2, 0) is 6.42 Å². The summed E-state index contributed by atoms with van der Waals surface area (Å²) in [5, 5.41) is 2.40. The van der Waals surface area contributed by atoms with Gasteiger partial charge >= 0.3 is 0 Å². The van der Waals surface area contributed by atoms with Crippen molar-refractivity contribution in [1.29, 1.82) is 0 Å². The number of hydrogen-bond donors (Lipinski definition) is 0. The third-order valence-corrected chi connectivity index (χ3v) is 2.51. The molecule has 0 fully saturated rings. The molecule has 0 heterocycles. The summed E-state index contributed by atoms with van der Waals surface area (Å²) in [6.07, 6.45) is 1.89. The third kappa shape index (κ3) is 1.41. The van der Waals surface area contributed by atoms with Gasteiger partial charge in [-0.15, -0.1) is 0 Å². The minimum absolute atomic E-state index is 0.749. The predicted molar refractivity (Wildman–Crippen MR) is 58.7 cm³/mol. The molecule has 2 aromatic carbocycles. The maximum absolute atomic E-state index is 10.6. The summed E-state index contributed by atoms with van der Waals surface area (Å²) >= 11 is 0. The van der Waals surface area contributed by atoms with Crippen molar-refractivity contribution in [3.05, 3.63) is 47.5 Å². The number of hydrogen-bond acceptors (Lipinski definition) is 1. The highest BCUT2D eigenvalue weighted by molar-refractivity contribution is 5.91. The van der Waals surface area contributed by atoms with E-state index in [4.69, 9.17) is 0 Å². The number of aryl methyl sites for hydroxylation is 1. The van der Waals surface area contributed by atoms with Crippen LogP contribution in [0.1, 0.15) is 22.8 Å². The molecule has 0 spiro atoms.